The van der Waals surface area contributed by atoms with E-state index in [0.717, 1.165) is 32.0 Å². The molecule has 6 heteroatoms. The maximum atomic E-state index is 12.6. The fourth-order valence-electron chi connectivity index (χ4n) is 2.34. The number of rotatable bonds is 2. The zero-order valence-electron chi connectivity index (χ0n) is 10.5. The molecule has 1 atom stereocenters. The number of likely N-dealkylation sites (tertiary alicyclic amines) is 1. The smallest absolute Gasteiger partial charge is 0.327 e. The van der Waals surface area contributed by atoms with E-state index in [1.165, 1.54) is 12.1 Å². The van der Waals surface area contributed by atoms with Crippen molar-refractivity contribution in [1.29, 1.82) is 0 Å². The average Bonchev–Trinajstić information content (AvgIpc) is 2.28. The quantitative estimate of drug-likeness (QED) is 0.908. The van der Waals surface area contributed by atoms with Crippen LogP contribution in [0.3, 0.4) is 0 Å². The highest BCUT2D eigenvalue weighted by atomic mass is 35.5. The van der Waals surface area contributed by atoms with Crippen molar-refractivity contribution in [2.24, 2.45) is 5.73 Å². The summed E-state index contributed by atoms with van der Waals surface area (Å²) in [7, 11) is 0. The van der Waals surface area contributed by atoms with Crippen molar-refractivity contribution in [3.05, 3.63) is 35.4 Å². The summed E-state index contributed by atoms with van der Waals surface area (Å²) in [4.78, 5) is 2.11. The van der Waals surface area contributed by atoms with Crippen LogP contribution in [0, 0.1) is 0 Å². The van der Waals surface area contributed by atoms with Gasteiger partial charge >= 0.3 is 6.18 Å². The lowest BCUT2D eigenvalue weighted by Gasteiger charge is -2.30. The van der Waals surface area contributed by atoms with Crippen LogP contribution in [0.15, 0.2) is 24.3 Å². The Balaban J connectivity index is 0.00000180. The summed E-state index contributed by atoms with van der Waals surface area (Å²) in [5.41, 5.74) is 5.97. The highest BCUT2D eigenvalue weighted by molar-refractivity contribution is 5.85. The monoisotopic (exact) mass is 294 g/mol. The molecule has 19 heavy (non-hydrogen) atoms. The first-order valence-electron chi connectivity index (χ1n) is 6.09. The molecule has 1 fully saturated rings. The Hall–Kier alpha value is -0.780. The lowest BCUT2D eigenvalue weighted by Crippen LogP contribution is -2.42. The molecule has 1 saturated heterocycles. The van der Waals surface area contributed by atoms with E-state index in [2.05, 4.69) is 4.90 Å². The van der Waals surface area contributed by atoms with Crippen LogP contribution in [-0.2, 0) is 12.7 Å². The number of hydrogen-bond donors (Lipinski definition) is 1. The first-order valence-corrected chi connectivity index (χ1v) is 6.09. The molecule has 1 aromatic rings. The lowest BCUT2D eigenvalue weighted by molar-refractivity contribution is -0.137. The molecule has 0 amide bonds. The largest absolute Gasteiger partial charge is 0.416 e. The predicted octanol–water partition coefficient (Wildman–Crippen LogP) is 3.05. The Bertz CT molecular complexity index is 409. The second-order valence-electron chi connectivity index (χ2n) is 4.84. The van der Waals surface area contributed by atoms with Gasteiger partial charge in [-0.15, -0.1) is 12.4 Å². The van der Waals surface area contributed by atoms with Gasteiger partial charge in [0.05, 0.1) is 5.56 Å². The normalized spacial score (nSPS) is 20.9. The molecule has 1 heterocycles. The topological polar surface area (TPSA) is 29.3 Å². The van der Waals surface area contributed by atoms with Crippen LogP contribution in [0.1, 0.15) is 24.0 Å². The Morgan fingerprint density at radius 1 is 1.32 bits per heavy atom. The summed E-state index contributed by atoms with van der Waals surface area (Å²) in [5, 5.41) is 0. The number of benzene rings is 1. The Morgan fingerprint density at radius 2 is 2.05 bits per heavy atom. The van der Waals surface area contributed by atoms with E-state index < -0.39 is 11.7 Å². The molecule has 0 radical (unpaired) electrons. The minimum absolute atomic E-state index is 0. The fourth-order valence-corrected chi connectivity index (χ4v) is 2.34. The maximum Gasteiger partial charge on any atom is 0.416 e. The van der Waals surface area contributed by atoms with Crippen molar-refractivity contribution in [3.63, 3.8) is 0 Å². The van der Waals surface area contributed by atoms with Gasteiger partial charge in [0.15, 0.2) is 0 Å². The molecule has 0 aromatic heterocycles. The molecular formula is C13H18ClF3N2. The highest BCUT2D eigenvalue weighted by Gasteiger charge is 2.30. The minimum Gasteiger partial charge on any atom is -0.327 e. The van der Waals surface area contributed by atoms with Crippen LogP contribution < -0.4 is 5.73 Å². The van der Waals surface area contributed by atoms with Crippen LogP contribution >= 0.6 is 12.4 Å². The molecule has 2 nitrogen and oxygen atoms in total. The number of nitrogens with zero attached hydrogens (tertiary/aromatic N) is 1. The molecule has 0 aliphatic carbocycles. The van der Waals surface area contributed by atoms with Gasteiger partial charge in [0.2, 0.25) is 0 Å². The van der Waals surface area contributed by atoms with E-state index in [1.54, 1.807) is 6.07 Å². The molecule has 1 aliphatic heterocycles. The van der Waals surface area contributed by atoms with E-state index in [9.17, 15) is 13.2 Å². The van der Waals surface area contributed by atoms with Crippen molar-refractivity contribution in [2.75, 3.05) is 13.1 Å². The summed E-state index contributed by atoms with van der Waals surface area (Å²) >= 11 is 0. The van der Waals surface area contributed by atoms with E-state index >= 15 is 0 Å². The van der Waals surface area contributed by atoms with Crippen LogP contribution in [-0.4, -0.2) is 24.0 Å². The molecular weight excluding hydrogens is 277 g/mol. The van der Waals surface area contributed by atoms with E-state index in [-0.39, 0.29) is 18.4 Å². The summed E-state index contributed by atoms with van der Waals surface area (Å²) < 4.78 is 37.7. The van der Waals surface area contributed by atoms with Crippen LogP contribution in [0.5, 0.6) is 0 Å². The van der Waals surface area contributed by atoms with Gasteiger partial charge in [-0.3, -0.25) is 4.90 Å². The van der Waals surface area contributed by atoms with Gasteiger partial charge in [0.25, 0.3) is 0 Å². The molecule has 0 unspecified atom stereocenters. The molecule has 0 bridgehead atoms. The number of piperidine rings is 1. The van der Waals surface area contributed by atoms with Gasteiger partial charge in [0, 0.05) is 19.1 Å². The summed E-state index contributed by atoms with van der Waals surface area (Å²) in [6, 6.07) is 5.66. The first-order chi connectivity index (χ1) is 8.45. The zero-order chi connectivity index (χ0) is 13.2. The standard InChI is InChI=1S/C13H17F3N2.ClH/c14-13(15,16)11-4-1-3-10(7-11)8-18-6-2-5-12(17)9-18;/h1,3-4,7,12H,2,5-6,8-9,17H2;1H/t12-;/m1./s1. The van der Waals surface area contributed by atoms with Crippen LogP contribution in [0.4, 0.5) is 13.2 Å². The Kier molecular flexibility index (Phi) is 5.64. The third-order valence-electron chi connectivity index (χ3n) is 3.20. The van der Waals surface area contributed by atoms with Crippen LogP contribution in [0.25, 0.3) is 0 Å². The first kappa shape index (κ1) is 16.3. The Labute approximate surface area is 117 Å². The number of alkyl halides is 3. The molecule has 1 aliphatic rings. The van der Waals surface area contributed by atoms with Crippen molar-refractivity contribution < 1.29 is 13.2 Å². The molecule has 2 N–H and O–H groups in total. The van der Waals surface area contributed by atoms with E-state index in [0.29, 0.717) is 12.1 Å². The summed E-state index contributed by atoms with van der Waals surface area (Å²) in [6.45, 7) is 2.21. The number of nitrogens with two attached hydrogens (primary N) is 1. The van der Waals surface area contributed by atoms with Crippen molar-refractivity contribution >= 4 is 12.4 Å². The van der Waals surface area contributed by atoms with E-state index in [4.69, 9.17) is 5.73 Å². The van der Waals surface area contributed by atoms with Gasteiger partial charge in [-0.05, 0) is 31.0 Å². The second-order valence-corrected chi connectivity index (χ2v) is 4.84. The molecule has 2 rings (SSSR count). The highest BCUT2D eigenvalue weighted by Crippen LogP contribution is 2.29. The van der Waals surface area contributed by atoms with E-state index in [1.807, 2.05) is 0 Å². The third-order valence-corrected chi connectivity index (χ3v) is 3.20. The number of hydrogen-bond acceptors (Lipinski definition) is 2. The van der Waals surface area contributed by atoms with Crippen molar-refractivity contribution in [2.45, 2.75) is 31.6 Å². The molecule has 1 aromatic carbocycles. The molecule has 108 valence electrons. The lowest BCUT2D eigenvalue weighted by atomic mass is 10.0. The molecule has 0 spiro atoms. The number of halogens is 4. The van der Waals surface area contributed by atoms with Crippen LogP contribution in [0.2, 0.25) is 0 Å². The van der Waals surface area contributed by atoms with Gasteiger partial charge in [-0.25, -0.2) is 0 Å². The van der Waals surface area contributed by atoms with Crippen molar-refractivity contribution in [1.82, 2.24) is 4.90 Å². The van der Waals surface area contributed by atoms with Crippen molar-refractivity contribution in [3.8, 4) is 0 Å². The Morgan fingerprint density at radius 3 is 2.68 bits per heavy atom. The van der Waals surface area contributed by atoms with Gasteiger partial charge < -0.3 is 5.73 Å². The second kappa shape index (κ2) is 6.59. The van der Waals surface area contributed by atoms with Gasteiger partial charge in [0.1, 0.15) is 0 Å². The maximum absolute atomic E-state index is 12.6. The zero-order valence-corrected chi connectivity index (χ0v) is 11.3. The average molecular weight is 295 g/mol. The SMILES string of the molecule is Cl.N[C@@H]1CCCN(Cc2cccc(C(F)(F)F)c2)C1. The summed E-state index contributed by atoms with van der Waals surface area (Å²) in [5.74, 6) is 0. The third kappa shape index (κ3) is 4.67. The minimum atomic E-state index is -4.27. The predicted molar refractivity (Wildman–Crippen MR) is 71.2 cm³/mol. The summed E-state index contributed by atoms with van der Waals surface area (Å²) in [6.07, 6.45) is -2.26. The fraction of sp³-hybridized carbons (Fsp3) is 0.538. The van der Waals surface area contributed by atoms with Gasteiger partial charge in [-0.2, -0.15) is 13.2 Å². The van der Waals surface area contributed by atoms with Gasteiger partial charge in [-0.1, -0.05) is 18.2 Å². The molecule has 0 saturated carbocycles.